The molecule has 24 heteroatoms. The van der Waals surface area contributed by atoms with Crippen molar-refractivity contribution in [3.05, 3.63) is 24.8 Å². The number of halogens is 4. The summed E-state index contributed by atoms with van der Waals surface area (Å²) >= 11 is 12.9. The van der Waals surface area contributed by atoms with E-state index in [0.29, 0.717) is 12.2 Å². The van der Waals surface area contributed by atoms with Crippen LogP contribution in [0.15, 0.2) is 24.8 Å². The lowest BCUT2D eigenvalue weighted by atomic mass is 9.91. The standard InChI is InChI=1S/C21H32Br4O8.C14H28O4Si3.C3H6O.4H2O.H2/c1-17(2,22)13(26)30-9-21(10-31-14(27)18(3,4)23,11-32-15(28)19(5,6)24)12-33-16(29)20(7,8)25;1-10-19(4,5)17-21(8,9)18-20(6,7)12-11-16-14(15)13(2)3;1-2-3-4;;;;;/h9-12H2,1-8H3;1H,2,11-12H2,3-9H3;2,4H,1,3H2;4*1H2;1H. The van der Waals surface area contributed by atoms with E-state index in [1.807, 2.05) is 26.2 Å². The Bertz CT molecular complexity index is 1320. The molecule has 0 heterocycles. The Morgan fingerprint density at radius 2 is 0.919 bits per heavy atom. The van der Waals surface area contributed by atoms with Crippen molar-refractivity contribution in [2.75, 3.05) is 39.6 Å². The van der Waals surface area contributed by atoms with Crippen LogP contribution in [0.3, 0.4) is 0 Å². The highest BCUT2D eigenvalue weighted by Crippen LogP contribution is 2.29. The fourth-order valence-electron chi connectivity index (χ4n) is 3.70. The first kappa shape index (κ1) is 75.0. The Morgan fingerprint density at radius 1 is 0.645 bits per heavy atom. The third-order valence-corrected chi connectivity index (χ3v) is 18.3. The molecule has 0 atom stereocenters. The summed E-state index contributed by atoms with van der Waals surface area (Å²) in [5, 5.41) is 7.76. The van der Waals surface area contributed by atoms with Crippen molar-refractivity contribution in [2.45, 2.75) is 125 Å². The van der Waals surface area contributed by atoms with Crippen molar-refractivity contribution < 1.29 is 84.3 Å². The summed E-state index contributed by atoms with van der Waals surface area (Å²) in [6, 6.07) is 0.726. The number of hydrogen-bond donors (Lipinski definition) is 1. The van der Waals surface area contributed by atoms with Gasteiger partial charge in [-0.3, -0.25) is 19.2 Å². The molecule has 0 fully saturated rings. The SMILES string of the molecule is C#C[Si](C)(C)O[Si](C)(C)O[Si](C)(C)CCOC(=O)C(=C)C.C=CCO.CC(C)(Br)C(=O)OCC(COC(=O)C(C)(C)Br)(COC(=O)C(C)(C)Br)COC(=O)C(C)(C)Br.O.O.O.O.[HH]. The lowest BCUT2D eigenvalue weighted by Crippen LogP contribution is -2.52. The van der Waals surface area contributed by atoms with E-state index in [-0.39, 0.29) is 62.3 Å². The predicted molar refractivity (Wildman–Crippen MR) is 266 cm³/mol. The molecule has 0 spiro atoms. The molecule has 0 unspecified atom stereocenters. The van der Waals surface area contributed by atoms with E-state index in [2.05, 4.69) is 95.5 Å². The topological polar surface area (TPSA) is 296 Å². The number of carbonyl (C=O) groups is 5. The normalized spacial score (nSPS) is 11.7. The van der Waals surface area contributed by atoms with Crippen LogP contribution in [0.5, 0.6) is 0 Å². The van der Waals surface area contributed by atoms with Gasteiger partial charge in [0, 0.05) is 7.00 Å². The van der Waals surface area contributed by atoms with E-state index in [4.69, 9.17) is 43.4 Å². The van der Waals surface area contributed by atoms with Crippen molar-refractivity contribution in [2.24, 2.45) is 5.41 Å². The van der Waals surface area contributed by atoms with Crippen LogP contribution in [-0.4, -0.2) is 139 Å². The van der Waals surface area contributed by atoms with Gasteiger partial charge in [0.05, 0.1) is 13.2 Å². The van der Waals surface area contributed by atoms with Gasteiger partial charge >= 0.3 is 38.4 Å². The second-order valence-corrected chi connectivity index (χ2v) is 36.5. The van der Waals surface area contributed by atoms with Crippen LogP contribution in [0.2, 0.25) is 45.3 Å². The fourth-order valence-corrected chi connectivity index (χ4v) is 16.2. The predicted octanol–water partition coefficient (Wildman–Crippen LogP) is 5.37. The van der Waals surface area contributed by atoms with Crippen molar-refractivity contribution in [3.63, 3.8) is 0 Å². The number of aliphatic hydroxyl groups excluding tert-OH is 1. The second-order valence-electron chi connectivity index (χ2n) is 16.9. The van der Waals surface area contributed by atoms with Crippen LogP contribution in [0.25, 0.3) is 0 Å². The minimum atomic E-state index is -2.27. The Hall–Kier alpha value is -1.32. The maximum Gasteiger partial charge on any atom is 0.333 e. The molecule has 17 nitrogen and oxygen atoms in total. The van der Waals surface area contributed by atoms with E-state index in [1.165, 1.54) is 6.08 Å². The Morgan fingerprint density at radius 3 is 1.13 bits per heavy atom. The zero-order valence-corrected chi connectivity index (χ0v) is 48.2. The van der Waals surface area contributed by atoms with Crippen molar-refractivity contribution >= 4 is 119 Å². The van der Waals surface area contributed by atoms with Gasteiger partial charge in [0.1, 0.15) is 49.1 Å². The summed E-state index contributed by atoms with van der Waals surface area (Å²) in [6.45, 7) is 32.5. The Kier molecular flexibility index (Phi) is 38.2. The van der Waals surface area contributed by atoms with Gasteiger partial charge in [0.25, 0.3) is 8.32 Å². The molecule has 0 aromatic carbocycles. The van der Waals surface area contributed by atoms with E-state index < -0.39 is 71.8 Å². The lowest BCUT2D eigenvalue weighted by Gasteiger charge is -2.36. The quantitative estimate of drug-likeness (QED) is 0.0288. The highest BCUT2D eigenvalue weighted by molar-refractivity contribution is 9.10. The molecule has 0 saturated carbocycles. The molecular formula is C38H76Br4O17Si3. The van der Waals surface area contributed by atoms with Crippen LogP contribution in [0, 0.1) is 17.4 Å². The minimum Gasteiger partial charge on any atom is -0.464 e. The molecule has 370 valence electrons. The molecule has 0 aromatic rings. The second kappa shape index (κ2) is 31.6. The molecule has 0 radical (unpaired) electrons. The number of esters is 5. The van der Waals surface area contributed by atoms with Crippen molar-refractivity contribution in [1.29, 1.82) is 0 Å². The summed E-state index contributed by atoms with van der Waals surface area (Å²) in [7, 11) is -6.33. The van der Waals surface area contributed by atoms with Crippen LogP contribution in [-0.2, 0) is 55.9 Å². The van der Waals surface area contributed by atoms with Gasteiger partial charge < -0.3 is 58.9 Å². The lowest BCUT2D eigenvalue weighted by molar-refractivity contribution is -0.172. The molecule has 0 aromatic heterocycles. The molecule has 0 aliphatic heterocycles. The third kappa shape index (κ3) is 36.0. The first-order chi connectivity index (χ1) is 25.7. The average Bonchev–Trinajstić information content (AvgIpc) is 3.04. The molecule has 62 heavy (non-hydrogen) atoms. The smallest absolute Gasteiger partial charge is 0.333 e. The Balaban J connectivity index is -0.000000146. The zero-order valence-electron chi connectivity index (χ0n) is 38.9. The van der Waals surface area contributed by atoms with Gasteiger partial charge in [-0.05, 0) is 108 Å². The maximum absolute atomic E-state index is 12.4. The summed E-state index contributed by atoms with van der Waals surface area (Å²) < 4.78 is 35.3. The fraction of sp³-hybridized carbons (Fsp3) is 0.711. The van der Waals surface area contributed by atoms with E-state index in [0.717, 1.165) is 6.04 Å². The molecule has 0 aliphatic carbocycles. The summed E-state index contributed by atoms with van der Waals surface area (Å²) in [5.74, 6) is -2.75. The first-order valence-corrected chi connectivity index (χ1v) is 30.1. The number of hydrogen-bond acceptors (Lipinski definition) is 13. The van der Waals surface area contributed by atoms with Crippen LogP contribution in [0.1, 0.15) is 63.7 Å². The summed E-state index contributed by atoms with van der Waals surface area (Å²) in [4.78, 5) is 60.9. The summed E-state index contributed by atoms with van der Waals surface area (Å²) in [5.41, 5.74) is 1.82. The van der Waals surface area contributed by atoms with Crippen molar-refractivity contribution in [3.8, 4) is 12.0 Å². The molecule has 0 amide bonds. The number of carbonyl (C=O) groups excluding carboxylic acids is 5. The molecule has 9 N–H and O–H groups in total. The van der Waals surface area contributed by atoms with Gasteiger partial charge in [0.15, 0.2) is 8.32 Å². The van der Waals surface area contributed by atoms with Crippen LogP contribution in [0.4, 0.5) is 0 Å². The zero-order chi connectivity index (χ0) is 46.8. The number of terminal acetylenes is 1. The highest BCUT2D eigenvalue weighted by atomic mass is 79.9. The molecule has 0 bridgehead atoms. The van der Waals surface area contributed by atoms with Crippen molar-refractivity contribution in [1.82, 2.24) is 0 Å². The van der Waals surface area contributed by atoms with Crippen LogP contribution < -0.4 is 0 Å². The van der Waals surface area contributed by atoms with E-state index in [1.54, 1.807) is 62.3 Å². The highest BCUT2D eigenvalue weighted by Gasteiger charge is 2.43. The largest absolute Gasteiger partial charge is 0.464 e. The molecular weight excluding hydrogens is 1130 g/mol. The minimum absolute atomic E-state index is 0. The van der Waals surface area contributed by atoms with Gasteiger partial charge in [-0.15, -0.1) is 18.5 Å². The molecule has 0 rings (SSSR count). The molecule has 0 aliphatic rings. The van der Waals surface area contributed by atoms with Gasteiger partial charge in [-0.2, -0.15) is 0 Å². The van der Waals surface area contributed by atoms with E-state index >= 15 is 0 Å². The van der Waals surface area contributed by atoms with Gasteiger partial charge in [-0.1, -0.05) is 76.4 Å². The van der Waals surface area contributed by atoms with Crippen LogP contribution >= 0.6 is 63.7 Å². The number of alkyl halides is 4. The maximum atomic E-state index is 12.4. The van der Waals surface area contributed by atoms with Gasteiger partial charge in [0.2, 0.25) is 0 Å². The monoisotopic (exact) mass is 1200 g/mol. The summed E-state index contributed by atoms with van der Waals surface area (Å²) in [6.07, 6.45) is 6.95. The first-order valence-electron chi connectivity index (χ1n) is 18.1. The Labute approximate surface area is 407 Å². The number of aliphatic hydroxyl groups is 1. The van der Waals surface area contributed by atoms with Gasteiger partial charge in [-0.25, -0.2) is 4.79 Å². The van der Waals surface area contributed by atoms with E-state index in [9.17, 15) is 24.0 Å². The number of ether oxygens (including phenoxy) is 5. The average molecular weight is 1210 g/mol. The third-order valence-electron chi connectivity index (χ3n) is 6.76. The molecule has 0 saturated heterocycles. The number of rotatable bonds is 21.